The summed E-state index contributed by atoms with van der Waals surface area (Å²) in [5.74, 6) is 0.161. The minimum atomic E-state index is -3.72. The van der Waals surface area contributed by atoms with Crippen LogP contribution >= 0.6 is 11.6 Å². The van der Waals surface area contributed by atoms with Gasteiger partial charge in [-0.05, 0) is 61.0 Å². The van der Waals surface area contributed by atoms with Gasteiger partial charge < -0.3 is 10.1 Å². The lowest BCUT2D eigenvalue weighted by molar-refractivity contribution is -0.122. The van der Waals surface area contributed by atoms with E-state index in [0.717, 1.165) is 0 Å². The largest absolute Gasteiger partial charge is 0.481 e. The molecule has 0 aliphatic heterocycles. The van der Waals surface area contributed by atoms with E-state index in [0.29, 0.717) is 28.6 Å². The van der Waals surface area contributed by atoms with E-state index in [1.54, 1.807) is 54.6 Å². The van der Waals surface area contributed by atoms with Crippen LogP contribution in [0.4, 0.5) is 11.4 Å². The van der Waals surface area contributed by atoms with Crippen molar-refractivity contribution in [2.45, 2.75) is 24.3 Å². The zero-order valence-electron chi connectivity index (χ0n) is 16.2. The standard InChI is InChI=1S/C22H21ClN2O4S/c1-2-21(29-19-10-6-7-16(23)15-19)22(26)24-17-11-13-20(14-12-17)30(27,28)25-18-8-4-3-5-9-18/h3-15,21,25H,2H2,1H3,(H,24,26)/t21-/m0/s1. The van der Waals surface area contributed by atoms with Gasteiger partial charge in [-0.1, -0.05) is 42.8 Å². The monoisotopic (exact) mass is 444 g/mol. The maximum Gasteiger partial charge on any atom is 0.265 e. The Morgan fingerprint density at radius 2 is 1.67 bits per heavy atom. The first-order valence-corrected chi connectivity index (χ1v) is 11.1. The van der Waals surface area contributed by atoms with Crippen molar-refractivity contribution in [2.24, 2.45) is 0 Å². The van der Waals surface area contributed by atoms with Crippen LogP contribution < -0.4 is 14.8 Å². The van der Waals surface area contributed by atoms with E-state index < -0.39 is 16.1 Å². The molecule has 8 heteroatoms. The van der Waals surface area contributed by atoms with Gasteiger partial charge in [0.05, 0.1) is 4.90 Å². The average Bonchev–Trinajstić information content (AvgIpc) is 2.73. The Hall–Kier alpha value is -3.03. The van der Waals surface area contributed by atoms with Crippen LogP contribution in [0.3, 0.4) is 0 Å². The van der Waals surface area contributed by atoms with Crippen molar-refractivity contribution >= 4 is 38.9 Å². The number of benzene rings is 3. The maximum absolute atomic E-state index is 12.6. The highest BCUT2D eigenvalue weighted by Crippen LogP contribution is 2.21. The Morgan fingerprint density at radius 3 is 2.30 bits per heavy atom. The van der Waals surface area contributed by atoms with Gasteiger partial charge in [-0.2, -0.15) is 0 Å². The predicted molar refractivity (Wildman–Crippen MR) is 118 cm³/mol. The van der Waals surface area contributed by atoms with E-state index in [9.17, 15) is 13.2 Å². The number of sulfonamides is 1. The van der Waals surface area contributed by atoms with Crippen LogP contribution in [0.2, 0.25) is 5.02 Å². The molecular weight excluding hydrogens is 424 g/mol. The minimum Gasteiger partial charge on any atom is -0.481 e. The number of carbonyl (C=O) groups is 1. The van der Waals surface area contributed by atoms with Crippen molar-refractivity contribution in [2.75, 3.05) is 10.0 Å². The third kappa shape index (κ3) is 5.75. The summed E-state index contributed by atoms with van der Waals surface area (Å²) in [5, 5.41) is 3.26. The Labute approximate surface area is 180 Å². The second-order valence-electron chi connectivity index (χ2n) is 6.46. The first kappa shape index (κ1) is 21.7. The van der Waals surface area contributed by atoms with E-state index in [1.165, 1.54) is 24.3 Å². The highest BCUT2D eigenvalue weighted by Gasteiger charge is 2.19. The quantitative estimate of drug-likeness (QED) is 0.515. The number of amides is 1. The molecule has 0 bridgehead atoms. The van der Waals surface area contributed by atoms with Crippen LogP contribution in [0.5, 0.6) is 5.75 Å². The smallest absolute Gasteiger partial charge is 0.265 e. The van der Waals surface area contributed by atoms with E-state index in [4.69, 9.17) is 16.3 Å². The fraction of sp³-hybridized carbons (Fsp3) is 0.136. The molecule has 0 fully saturated rings. The van der Waals surface area contributed by atoms with Gasteiger partial charge in [0, 0.05) is 16.4 Å². The fourth-order valence-electron chi connectivity index (χ4n) is 2.69. The summed E-state index contributed by atoms with van der Waals surface area (Å²) in [5.41, 5.74) is 0.936. The molecule has 3 rings (SSSR count). The van der Waals surface area contributed by atoms with Crippen molar-refractivity contribution in [3.8, 4) is 5.75 Å². The molecule has 0 unspecified atom stereocenters. The van der Waals surface area contributed by atoms with Crippen LogP contribution in [-0.4, -0.2) is 20.4 Å². The summed E-state index contributed by atoms with van der Waals surface area (Å²) in [6.45, 7) is 1.83. The fourth-order valence-corrected chi connectivity index (χ4v) is 3.93. The van der Waals surface area contributed by atoms with Crippen LogP contribution in [0, 0.1) is 0 Å². The summed E-state index contributed by atoms with van der Waals surface area (Å²) in [7, 11) is -3.72. The molecule has 156 valence electrons. The molecule has 1 atom stereocenters. The SMILES string of the molecule is CC[C@H](Oc1cccc(Cl)c1)C(=O)Nc1ccc(S(=O)(=O)Nc2ccccc2)cc1. The number of para-hydroxylation sites is 1. The molecule has 0 heterocycles. The topological polar surface area (TPSA) is 84.5 Å². The Balaban J connectivity index is 1.66. The average molecular weight is 445 g/mol. The number of carbonyl (C=O) groups excluding carboxylic acids is 1. The molecule has 0 saturated heterocycles. The number of anilines is 2. The zero-order valence-corrected chi connectivity index (χ0v) is 17.8. The Kier molecular flexibility index (Phi) is 6.97. The number of halogens is 1. The van der Waals surface area contributed by atoms with Crippen molar-refractivity contribution in [1.29, 1.82) is 0 Å². The molecular formula is C22H21ClN2O4S. The lowest BCUT2D eigenvalue weighted by atomic mass is 10.2. The highest BCUT2D eigenvalue weighted by molar-refractivity contribution is 7.92. The van der Waals surface area contributed by atoms with Gasteiger partial charge in [0.25, 0.3) is 15.9 Å². The lowest BCUT2D eigenvalue weighted by Crippen LogP contribution is -2.32. The van der Waals surface area contributed by atoms with Crippen molar-refractivity contribution in [3.05, 3.63) is 83.9 Å². The second kappa shape index (κ2) is 9.65. The second-order valence-corrected chi connectivity index (χ2v) is 8.58. The van der Waals surface area contributed by atoms with Gasteiger partial charge >= 0.3 is 0 Å². The first-order chi connectivity index (χ1) is 14.4. The minimum absolute atomic E-state index is 0.0894. The Bertz CT molecular complexity index is 1100. The van der Waals surface area contributed by atoms with Crippen molar-refractivity contribution in [1.82, 2.24) is 0 Å². The summed E-state index contributed by atoms with van der Waals surface area (Å²) in [4.78, 5) is 12.6. The van der Waals surface area contributed by atoms with E-state index in [-0.39, 0.29) is 10.8 Å². The van der Waals surface area contributed by atoms with Gasteiger partial charge in [0.2, 0.25) is 0 Å². The third-order valence-electron chi connectivity index (χ3n) is 4.20. The molecule has 0 aromatic heterocycles. The molecule has 3 aromatic carbocycles. The number of hydrogen-bond donors (Lipinski definition) is 2. The molecule has 0 saturated carbocycles. The van der Waals surface area contributed by atoms with Gasteiger partial charge in [-0.3, -0.25) is 9.52 Å². The van der Waals surface area contributed by atoms with Gasteiger partial charge in [-0.15, -0.1) is 0 Å². The van der Waals surface area contributed by atoms with Crippen LogP contribution in [0.25, 0.3) is 0 Å². The van der Waals surface area contributed by atoms with Gasteiger partial charge in [0.15, 0.2) is 6.10 Å². The van der Waals surface area contributed by atoms with Crippen molar-refractivity contribution < 1.29 is 17.9 Å². The molecule has 0 spiro atoms. The molecule has 0 aliphatic rings. The molecule has 6 nitrogen and oxygen atoms in total. The van der Waals surface area contributed by atoms with E-state index in [1.807, 2.05) is 6.92 Å². The molecule has 1 amide bonds. The number of nitrogens with one attached hydrogen (secondary N) is 2. The predicted octanol–water partition coefficient (Wildman–Crippen LogP) is 4.94. The molecule has 0 radical (unpaired) electrons. The first-order valence-electron chi connectivity index (χ1n) is 9.28. The van der Waals surface area contributed by atoms with E-state index >= 15 is 0 Å². The molecule has 30 heavy (non-hydrogen) atoms. The van der Waals surface area contributed by atoms with Crippen molar-refractivity contribution in [3.63, 3.8) is 0 Å². The maximum atomic E-state index is 12.6. The Morgan fingerprint density at radius 1 is 0.967 bits per heavy atom. The molecule has 2 N–H and O–H groups in total. The number of rotatable bonds is 8. The zero-order chi connectivity index (χ0) is 21.6. The van der Waals surface area contributed by atoms with Crippen LogP contribution in [0.15, 0.2) is 83.8 Å². The van der Waals surface area contributed by atoms with Gasteiger partial charge in [0.1, 0.15) is 5.75 Å². The highest BCUT2D eigenvalue weighted by atomic mass is 35.5. The summed E-state index contributed by atoms with van der Waals surface area (Å²) >= 11 is 5.95. The molecule has 3 aromatic rings. The van der Waals surface area contributed by atoms with Crippen LogP contribution in [-0.2, 0) is 14.8 Å². The summed E-state index contributed by atoms with van der Waals surface area (Å²) in [6, 6.07) is 21.4. The van der Waals surface area contributed by atoms with E-state index in [2.05, 4.69) is 10.0 Å². The third-order valence-corrected chi connectivity index (χ3v) is 5.83. The number of ether oxygens (including phenoxy) is 1. The molecule has 0 aliphatic carbocycles. The number of hydrogen-bond acceptors (Lipinski definition) is 4. The normalized spacial score (nSPS) is 12.1. The lowest BCUT2D eigenvalue weighted by Gasteiger charge is -2.17. The van der Waals surface area contributed by atoms with Gasteiger partial charge in [-0.25, -0.2) is 8.42 Å². The van der Waals surface area contributed by atoms with Crippen LogP contribution in [0.1, 0.15) is 13.3 Å². The summed E-state index contributed by atoms with van der Waals surface area (Å²) < 4.78 is 33.2. The summed E-state index contributed by atoms with van der Waals surface area (Å²) in [6.07, 6.45) is -0.266.